The number of ether oxygens (including phenoxy) is 3. The molecule has 2 unspecified atom stereocenters. The Kier molecular flexibility index (Phi) is 2.55. The SMILES string of the molecule is CCOC(=O)C1OC12CCc1ccc(OC)cc12. The largest absolute Gasteiger partial charge is 0.497 e. The van der Waals surface area contributed by atoms with E-state index in [9.17, 15) is 4.79 Å². The molecule has 96 valence electrons. The molecule has 0 radical (unpaired) electrons. The van der Waals surface area contributed by atoms with Crippen LogP contribution in [0.25, 0.3) is 0 Å². The van der Waals surface area contributed by atoms with Crippen LogP contribution < -0.4 is 4.74 Å². The van der Waals surface area contributed by atoms with Crippen molar-refractivity contribution in [2.24, 2.45) is 0 Å². The highest BCUT2D eigenvalue weighted by Gasteiger charge is 2.65. The molecule has 1 fully saturated rings. The highest BCUT2D eigenvalue weighted by Crippen LogP contribution is 2.56. The van der Waals surface area contributed by atoms with E-state index in [0.717, 1.165) is 24.2 Å². The van der Waals surface area contributed by atoms with Gasteiger partial charge in [0.2, 0.25) is 0 Å². The normalized spacial score (nSPS) is 28.0. The molecule has 1 aliphatic carbocycles. The Bertz CT molecular complexity index is 497. The van der Waals surface area contributed by atoms with Crippen molar-refractivity contribution in [1.82, 2.24) is 0 Å². The second kappa shape index (κ2) is 3.99. The summed E-state index contributed by atoms with van der Waals surface area (Å²) in [6, 6.07) is 5.97. The van der Waals surface area contributed by atoms with Gasteiger partial charge < -0.3 is 14.2 Å². The van der Waals surface area contributed by atoms with Gasteiger partial charge in [-0.05, 0) is 43.0 Å². The van der Waals surface area contributed by atoms with E-state index in [1.165, 1.54) is 5.56 Å². The summed E-state index contributed by atoms with van der Waals surface area (Å²) >= 11 is 0. The predicted octanol–water partition coefficient (Wildman–Crippen LogP) is 1.80. The fourth-order valence-electron chi connectivity index (χ4n) is 2.78. The Morgan fingerprint density at radius 1 is 1.56 bits per heavy atom. The minimum Gasteiger partial charge on any atom is -0.497 e. The molecule has 3 rings (SSSR count). The Labute approximate surface area is 106 Å². The molecule has 0 bridgehead atoms. The van der Waals surface area contributed by atoms with Gasteiger partial charge in [0.05, 0.1) is 13.7 Å². The Balaban J connectivity index is 1.89. The average Bonchev–Trinajstić information content (AvgIpc) is 3.01. The van der Waals surface area contributed by atoms with Crippen molar-refractivity contribution in [2.75, 3.05) is 13.7 Å². The average molecular weight is 248 g/mol. The lowest BCUT2D eigenvalue weighted by Crippen LogP contribution is -2.19. The molecule has 1 heterocycles. The van der Waals surface area contributed by atoms with Gasteiger partial charge in [-0.3, -0.25) is 0 Å². The molecule has 18 heavy (non-hydrogen) atoms. The van der Waals surface area contributed by atoms with E-state index in [1.807, 2.05) is 18.2 Å². The first-order valence-electron chi connectivity index (χ1n) is 6.23. The molecule has 1 spiro atoms. The molecular formula is C14H16O4. The number of esters is 1. The molecule has 0 amide bonds. The number of carbonyl (C=O) groups excluding carboxylic acids is 1. The molecule has 1 aliphatic heterocycles. The second-order valence-corrected chi connectivity index (χ2v) is 4.66. The number of rotatable bonds is 3. The first kappa shape index (κ1) is 11.5. The molecule has 2 atom stereocenters. The standard InChI is InChI=1S/C14H16O4/c1-3-17-13(15)12-14(18-12)7-6-9-4-5-10(16-2)8-11(9)14/h4-5,8,12H,3,6-7H2,1-2H3. The van der Waals surface area contributed by atoms with Gasteiger partial charge in [0, 0.05) is 0 Å². The maximum Gasteiger partial charge on any atom is 0.338 e. The smallest absolute Gasteiger partial charge is 0.338 e. The van der Waals surface area contributed by atoms with Crippen molar-refractivity contribution in [3.63, 3.8) is 0 Å². The Hall–Kier alpha value is -1.55. The van der Waals surface area contributed by atoms with Crippen LogP contribution in [0.15, 0.2) is 18.2 Å². The molecular weight excluding hydrogens is 232 g/mol. The van der Waals surface area contributed by atoms with E-state index in [-0.39, 0.29) is 5.97 Å². The van der Waals surface area contributed by atoms with E-state index in [2.05, 4.69) is 0 Å². The van der Waals surface area contributed by atoms with Crippen LogP contribution in [0.1, 0.15) is 24.5 Å². The summed E-state index contributed by atoms with van der Waals surface area (Å²) in [5.41, 5.74) is 1.87. The molecule has 0 N–H and O–H groups in total. The number of fused-ring (bicyclic) bond motifs is 2. The highest BCUT2D eigenvalue weighted by atomic mass is 16.7. The molecule has 4 heteroatoms. The number of methoxy groups -OCH3 is 1. The van der Waals surface area contributed by atoms with Crippen molar-refractivity contribution in [2.45, 2.75) is 31.5 Å². The molecule has 4 nitrogen and oxygen atoms in total. The first-order valence-corrected chi connectivity index (χ1v) is 6.23. The monoisotopic (exact) mass is 248 g/mol. The van der Waals surface area contributed by atoms with Gasteiger partial charge >= 0.3 is 5.97 Å². The third-order valence-electron chi connectivity index (χ3n) is 3.73. The molecule has 1 aromatic carbocycles. The Morgan fingerprint density at radius 3 is 3.11 bits per heavy atom. The molecule has 1 saturated heterocycles. The summed E-state index contributed by atoms with van der Waals surface area (Å²) in [5, 5.41) is 0. The third-order valence-corrected chi connectivity index (χ3v) is 3.73. The maximum atomic E-state index is 11.8. The highest BCUT2D eigenvalue weighted by molar-refractivity contribution is 5.80. The number of epoxide rings is 1. The van der Waals surface area contributed by atoms with E-state index < -0.39 is 11.7 Å². The molecule has 0 aromatic heterocycles. The van der Waals surface area contributed by atoms with Crippen molar-refractivity contribution in [1.29, 1.82) is 0 Å². The fraction of sp³-hybridized carbons (Fsp3) is 0.500. The molecule has 0 saturated carbocycles. The van der Waals surface area contributed by atoms with Gasteiger partial charge in [-0.15, -0.1) is 0 Å². The van der Waals surface area contributed by atoms with Crippen LogP contribution in [0.5, 0.6) is 5.75 Å². The zero-order valence-corrected chi connectivity index (χ0v) is 10.6. The molecule has 1 aromatic rings. The number of aryl methyl sites for hydroxylation is 1. The van der Waals surface area contributed by atoms with Crippen LogP contribution in [-0.4, -0.2) is 25.8 Å². The summed E-state index contributed by atoms with van der Waals surface area (Å²) < 4.78 is 15.9. The minimum absolute atomic E-state index is 0.256. The van der Waals surface area contributed by atoms with Crippen LogP contribution >= 0.6 is 0 Å². The topological polar surface area (TPSA) is 48.1 Å². The van der Waals surface area contributed by atoms with Crippen molar-refractivity contribution < 1.29 is 19.0 Å². The van der Waals surface area contributed by atoms with Crippen molar-refractivity contribution >= 4 is 5.97 Å². The number of hydrogen-bond acceptors (Lipinski definition) is 4. The minimum atomic E-state index is -0.448. The van der Waals surface area contributed by atoms with Crippen molar-refractivity contribution in [3.05, 3.63) is 29.3 Å². The lowest BCUT2D eigenvalue weighted by Gasteiger charge is -2.08. The number of benzene rings is 1. The van der Waals surface area contributed by atoms with Gasteiger partial charge in [0.1, 0.15) is 11.4 Å². The Morgan fingerprint density at radius 2 is 2.39 bits per heavy atom. The molecule has 2 aliphatic rings. The zero-order valence-electron chi connectivity index (χ0n) is 10.6. The quantitative estimate of drug-likeness (QED) is 0.604. The van der Waals surface area contributed by atoms with E-state index in [0.29, 0.717) is 6.61 Å². The van der Waals surface area contributed by atoms with Crippen LogP contribution in [-0.2, 0) is 26.3 Å². The lowest BCUT2D eigenvalue weighted by molar-refractivity contribution is -0.144. The van der Waals surface area contributed by atoms with Crippen LogP contribution in [0, 0.1) is 0 Å². The summed E-state index contributed by atoms with van der Waals surface area (Å²) in [5.74, 6) is 0.543. The summed E-state index contributed by atoms with van der Waals surface area (Å²) in [4.78, 5) is 11.8. The summed E-state index contributed by atoms with van der Waals surface area (Å²) in [6.45, 7) is 2.19. The fourth-order valence-corrected chi connectivity index (χ4v) is 2.78. The number of hydrogen-bond donors (Lipinski definition) is 0. The van der Waals surface area contributed by atoms with Gasteiger partial charge in [0.25, 0.3) is 0 Å². The number of carbonyl (C=O) groups is 1. The zero-order chi connectivity index (χ0) is 12.8. The maximum absolute atomic E-state index is 11.8. The van der Waals surface area contributed by atoms with Gasteiger partial charge in [0.15, 0.2) is 6.10 Å². The van der Waals surface area contributed by atoms with Crippen LogP contribution in [0.2, 0.25) is 0 Å². The van der Waals surface area contributed by atoms with Gasteiger partial charge in [-0.25, -0.2) is 4.79 Å². The van der Waals surface area contributed by atoms with E-state index in [4.69, 9.17) is 14.2 Å². The van der Waals surface area contributed by atoms with Gasteiger partial charge in [-0.2, -0.15) is 0 Å². The second-order valence-electron chi connectivity index (χ2n) is 4.66. The van der Waals surface area contributed by atoms with Crippen LogP contribution in [0.4, 0.5) is 0 Å². The first-order chi connectivity index (χ1) is 8.71. The van der Waals surface area contributed by atoms with Crippen LogP contribution in [0.3, 0.4) is 0 Å². The summed E-state index contributed by atoms with van der Waals surface area (Å²) in [7, 11) is 1.64. The van der Waals surface area contributed by atoms with E-state index >= 15 is 0 Å². The van der Waals surface area contributed by atoms with Crippen molar-refractivity contribution in [3.8, 4) is 5.75 Å². The third kappa shape index (κ3) is 1.52. The lowest BCUT2D eigenvalue weighted by atomic mass is 9.97. The van der Waals surface area contributed by atoms with E-state index in [1.54, 1.807) is 14.0 Å². The summed E-state index contributed by atoms with van der Waals surface area (Å²) in [6.07, 6.45) is 1.35. The predicted molar refractivity (Wildman–Crippen MR) is 64.5 cm³/mol. The van der Waals surface area contributed by atoms with Gasteiger partial charge in [-0.1, -0.05) is 6.07 Å².